The van der Waals surface area contributed by atoms with Crippen molar-refractivity contribution in [1.29, 1.82) is 0 Å². The van der Waals surface area contributed by atoms with Crippen LogP contribution in [0, 0.1) is 11.2 Å². The lowest BCUT2D eigenvalue weighted by atomic mass is 9.82. The minimum atomic E-state index is -1.32. The number of hydrogen-bond acceptors (Lipinski definition) is 6. The van der Waals surface area contributed by atoms with Crippen molar-refractivity contribution < 1.29 is 28.3 Å². The van der Waals surface area contributed by atoms with Gasteiger partial charge in [0.15, 0.2) is 0 Å². The number of hydrogen-bond donors (Lipinski definition) is 2. The number of carbonyl (C=O) groups is 3. The van der Waals surface area contributed by atoms with E-state index in [1.807, 2.05) is 58.0 Å². The van der Waals surface area contributed by atoms with Gasteiger partial charge in [-0.3, -0.25) is 14.5 Å². The van der Waals surface area contributed by atoms with Gasteiger partial charge in [0.2, 0.25) is 17.6 Å². The Hall–Kier alpha value is -4.08. The number of amides is 2. The van der Waals surface area contributed by atoms with Gasteiger partial charge >= 0.3 is 6.09 Å². The molecule has 0 aliphatic rings. The van der Waals surface area contributed by atoms with Gasteiger partial charge in [-0.05, 0) is 48.6 Å². The van der Waals surface area contributed by atoms with E-state index in [4.69, 9.17) is 4.42 Å². The zero-order valence-electron chi connectivity index (χ0n) is 23.6. The number of rotatable bonds is 12. The van der Waals surface area contributed by atoms with Crippen molar-refractivity contribution in [1.82, 2.24) is 20.4 Å². The molecule has 10 heteroatoms. The molecule has 214 valence electrons. The first-order valence-electron chi connectivity index (χ1n) is 13.4. The normalized spacial score (nSPS) is 13.8. The monoisotopic (exact) mass is 552 g/mol. The molecule has 2 N–H and O–H groups in total. The molecule has 0 saturated carbocycles. The number of aromatic nitrogens is 2. The Morgan fingerprint density at radius 3 is 2.27 bits per heavy atom. The molecular weight excluding hydrogens is 515 g/mol. The van der Waals surface area contributed by atoms with Crippen molar-refractivity contribution in [3.05, 3.63) is 71.9 Å². The molecule has 0 bridgehead atoms. The lowest BCUT2D eigenvalue weighted by Gasteiger charge is -2.41. The van der Waals surface area contributed by atoms with Gasteiger partial charge in [0.25, 0.3) is 5.91 Å². The molecule has 3 rings (SSSR count). The molecule has 0 spiro atoms. The van der Waals surface area contributed by atoms with Crippen molar-refractivity contribution in [2.24, 2.45) is 5.41 Å². The second kappa shape index (κ2) is 13.3. The van der Waals surface area contributed by atoms with Gasteiger partial charge in [-0.2, -0.15) is 0 Å². The van der Waals surface area contributed by atoms with Gasteiger partial charge in [-0.1, -0.05) is 70.9 Å². The first-order chi connectivity index (χ1) is 18.9. The zero-order valence-corrected chi connectivity index (χ0v) is 23.6. The topological polar surface area (TPSA) is 126 Å². The molecule has 1 aromatic heterocycles. The second-order valence-electron chi connectivity index (χ2n) is 10.9. The molecule has 1 heterocycles. The van der Waals surface area contributed by atoms with E-state index in [2.05, 4.69) is 15.5 Å². The molecule has 3 atom stereocenters. The van der Waals surface area contributed by atoms with Crippen LogP contribution < -0.4 is 5.32 Å². The Balaban J connectivity index is 1.90. The smallest absolute Gasteiger partial charge is 0.408 e. The first kappa shape index (κ1) is 30.5. The molecule has 0 aliphatic heterocycles. The van der Waals surface area contributed by atoms with Crippen LogP contribution in [0.15, 0.2) is 59.0 Å². The lowest BCUT2D eigenvalue weighted by molar-refractivity contribution is -0.142. The zero-order chi connectivity index (χ0) is 29.4. The van der Waals surface area contributed by atoms with E-state index in [1.54, 1.807) is 6.92 Å². The van der Waals surface area contributed by atoms with Crippen LogP contribution in [0.3, 0.4) is 0 Å². The number of benzene rings is 2. The lowest BCUT2D eigenvalue weighted by Crippen LogP contribution is -2.58. The van der Waals surface area contributed by atoms with Crippen LogP contribution in [0.5, 0.6) is 0 Å². The van der Waals surface area contributed by atoms with E-state index in [-0.39, 0.29) is 24.6 Å². The highest BCUT2D eigenvalue weighted by Gasteiger charge is 2.43. The number of unbranched alkanes of at least 4 members (excludes halogenated alkanes) is 1. The van der Waals surface area contributed by atoms with Gasteiger partial charge in [-0.15, -0.1) is 10.2 Å². The van der Waals surface area contributed by atoms with E-state index < -0.39 is 47.1 Å². The summed E-state index contributed by atoms with van der Waals surface area (Å²) < 4.78 is 19.1. The number of nitrogens with one attached hydrogen (secondary N) is 1. The number of nitrogens with zero attached hydrogens (tertiary/aromatic N) is 3. The number of carboxylic acid groups (broad SMARTS) is 1. The predicted octanol–water partition coefficient (Wildman–Crippen LogP) is 5.82. The number of Topliss-reactive ketones (excluding diaryl/α,β-unsaturated/α-hetero) is 1. The quantitative estimate of drug-likeness (QED) is 0.271. The van der Waals surface area contributed by atoms with Crippen LogP contribution in [0.25, 0.3) is 11.5 Å². The number of halogens is 1. The van der Waals surface area contributed by atoms with E-state index in [9.17, 15) is 23.9 Å². The van der Waals surface area contributed by atoms with Gasteiger partial charge < -0.3 is 14.8 Å². The van der Waals surface area contributed by atoms with Crippen molar-refractivity contribution in [2.45, 2.75) is 78.4 Å². The van der Waals surface area contributed by atoms with E-state index in [1.165, 1.54) is 24.3 Å². The third kappa shape index (κ3) is 7.74. The Kier molecular flexibility index (Phi) is 10.1. The molecule has 0 saturated heterocycles. The summed E-state index contributed by atoms with van der Waals surface area (Å²) in [5.74, 6) is -1.73. The fourth-order valence-corrected chi connectivity index (χ4v) is 4.55. The average molecular weight is 553 g/mol. The summed E-state index contributed by atoms with van der Waals surface area (Å²) in [6.45, 7) is 9.25. The highest BCUT2D eigenvalue weighted by Crippen LogP contribution is 2.31. The second-order valence-corrected chi connectivity index (χ2v) is 10.9. The van der Waals surface area contributed by atoms with E-state index in [0.29, 0.717) is 18.4 Å². The van der Waals surface area contributed by atoms with Crippen molar-refractivity contribution in [3.8, 4) is 11.5 Å². The van der Waals surface area contributed by atoms with Crippen LogP contribution in [0.2, 0.25) is 0 Å². The fourth-order valence-electron chi connectivity index (χ4n) is 4.55. The third-order valence-electron chi connectivity index (χ3n) is 6.82. The largest absolute Gasteiger partial charge is 0.465 e. The Morgan fingerprint density at radius 2 is 1.70 bits per heavy atom. The van der Waals surface area contributed by atoms with Gasteiger partial charge in [-0.25, -0.2) is 9.18 Å². The highest BCUT2D eigenvalue weighted by atomic mass is 19.1. The van der Waals surface area contributed by atoms with Crippen molar-refractivity contribution in [3.63, 3.8) is 0 Å². The molecule has 2 aromatic carbocycles. The van der Waals surface area contributed by atoms with Crippen LogP contribution in [0.1, 0.15) is 71.4 Å². The highest BCUT2D eigenvalue weighted by molar-refractivity contribution is 6.38. The molecule has 40 heavy (non-hydrogen) atoms. The molecule has 2 amide bonds. The molecule has 3 aromatic rings. The summed E-state index contributed by atoms with van der Waals surface area (Å²) in [6.07, 6.45) is 0.142. The molecule has 1 unspecified atom stereocenters. The maximum absolute atomic E-state index is 13.6. The molecule has 0 fully saturated rings. The molecule has 0 aliphatic carbocycles. The van der Waals surface area contributed by atoms with E-state index >= 15 is 0 Å². The number of ketones is 1. The SMILES string of the molecule is CCCC[C@@H](C(=O)C(=O)N[C@H](C)c1ccccc1)N(C(=O)O)C(Cc1nnc(-c2ccc(F)cc2)o1)C(C)(C)C. The minimum Gasteiger partial charge on any atom is -0.465 e. The standard InChI is InChI=1S/C30H37FN4O5/c1-6-7-13-23(26(36)27(37)32-19(2)20-11-9-8-10-12-20)35(29(38)39)24(30(3,4)5)18-25-33-34-28(40-25)21-14-16-22(31)17-15-21/h8-12,14-17,19,23-24H,6-7,13,18H2,1-5H3,(H,32,37)(H,38,39)/t19-,23+,24?/m1/s1. The summed E-state index contributed by atoms with van der Waals surface area (Å²) in [5.41, 5.74) is 0.675. The van der Waals surface area contributed by atoms with Gasteiger partial charge in [0.1, 0.15) is 11.9 Å². The maximum Gasteiger partial charge on any atom is 0.408 e. The Morgan fingerprint density at radius 1 is 1.05 bits per heavy atom. The van der Waals surface area contributed by atoms with Crippen molar-refractivity contribution in [2.75, 3.05) is 0 Å². The summed E-state index contributed by atoms with van der Waals surface area (Å²) in [7, 11) is 0. The number of carbonyl (C=O) groups excluding carboxylic acids is 2. The predicted molar refractivity (Wildman–Crippen MR) is 148 cm³/mol. The first-order valence-corrected chi connectivity index (χ1v) is 13.4. The van der Waals surface area contributed by atoms with E-state index in [0.717, 1.165) is 10.5 Å². The van der Waals surface area contributed by atoms with Crippen LogP contribution >= 0.6 is 0 Å². The Labute approximate surface area is 233 Å². The summed E-state index contributed by atoms with van der Waals surface area (Å²) >= 11 is 0. The molecule has 0 radical (unpaired) electrons. The van der Waals surface area contributed by atoms with Crippen LogP contribution in [-0.4, -0.2) is 50.1 Å². The summed E-state index contributed by atoms with van der Waals surface area (Å²) in [4.78, 5) is 40.5. The molecule has 9 nitrogen and oxygen atoms in total. The third-order valence-corrected chi connectivity index (χ3v) is 6.82. The van der Waals surface area contributed by atoms with Gasteiger partial charge in [0.05, 0.1) is 6.04 Å². The van der Waals surface area contributed by atoms with Crippen molar-refractivity contribution >= 4 is 17.8 Å². The fraction of sp³-hybridized carbons (Fsp3) is 0.433. The summed E-state index contributed by atoms with van der Waals surface area (Å²) in [6, 6.07) is 12.3. The van der Waals surface area contributed by atoms with Crippen LogP contribution in [0.4, 0.5) is 9.18 Å². The van der Waals surface area contributed by atoms with Crippen LogP contribution in [-0.2, 0) is 16.0 Å². The molecular formula is C30H37FN4O5. The maximum atomic E-state index is 13.6. The minimum absolute atomic E-state index is 0.0158. The summed E-state index contributed by atoms with van der Waals surface area (Å²) in [5, 5.41) is 21.2. The Bertz CT molecular complexity index is 1290. The van der Waals surface area contributed by atoms with Gasteiger partial charge in [0, 0.05) is 18.0 Å². The average Bonchev–Trinajstić information content (AvgIpc) is 3.38.